The van der Waals surface area contributed by atoms with E-state index in [1.54, 1.807) is 12.1 Å². The number of likely N-dealkylation sites (tertiary alicyclic amines) is 1. The number of carbonyl (C=O) groups excluding carboxylic acids is 1. The molecular formula is C19H30ClN3O3S2. The molecule has 9 heteroatoms. The van der Waals surface area contributed by atoms with E-state index in [0.29, 0.717) is 41.0 Å². The Morgan fingerprint density at radius 2 is 1.93 bits per heavy atom. The van der Waals surface area contributed by atoms with Crippen LogP contribution in [0.1, 0.15) is 39.0 Å². The highest BCUT2D eigenvalue weighted by atomic mass is 35.5. The second-order valence-electron chi connectivity index (χ2n) is 7.78. The van der Waals surface area contributed by atoms with Gasteiger partial charge in [-0.1, -0.05) is 18.5 Å². The van der Waals surface area contributed by atoms with Gasteiger partial charge in [-0.15, -0.1) is 11.3 Å². The van der Waals surface area contributed by atoms with Crippen molar-refractivity contribution >= 4 is 38.9 Å². The number of sulfonamides is 1. The van der Waals surface area contributed by atoms with E-state index in [0.717, 1.165) is 24.3 Å². The van der Waals surface area contributed by atoms with E-state index in [1.807, 2.05) is 6.92 Å². The summed E-state index contributed by atoms with van der Waals surface area (Å²) in [6.45, 7) is 7.00. The standard InChI is InChI=1S/C19H30ClN3O3S2/c1-15(19(24)21-9-4-12-22-10-2-3-11-22)16-7-13-23(14-8-16)28(25,26)18-6-5-17(20)27-18/h5-6,15-16H,2-4,7-14H2,1H3,(H,21,24)/t15-/m0/s1. The number of nitrogens with zero attached hydrogens (tertiary/aromatic N) is 2. The van der Waals surface area contributed by atoms with Gasteiger partial charge in [-0.25, -0.2) is 8.42 Å². The fourth-order valence-electron chi connectivity index (χ4n) is 4.08. The molecule has 0 bridgehead atoms. The molecule has 3 heterocycles. The highest BCUT2D eigenvalue weighted by Crippen LogP contribution is 2.32. The van der Waals surface area contributed by atoms with Gasteiger partial charge in [0.25, 0.3) is 10.0 Å². The zero-order valence-corrected chi connectivity index (χ0v) is 18.8. The molecule has 3 rings (SSSR count). The van der Waals surface area contributed by atoms with E-state index in [-0.39, 0.29) is 17.7 Å². The maximum Gasteiger partial charge on any atom is 0.252 e. The second kappa shape index (κ2) is 9.89. The summed E-state index contributed by atoms with van der Waals surface area (Å²) >= 11 is 6.97. The number of thiophene rings is 1. The Morgan fingerprint density at radius 3 is 2.54 bits per heavy atom. The first-order chi connectivity index (χ1) is 13.4. The van der Waals surface area contributed by atoms with Crippen LogP contribution >= 0.6 is 22.9 Å². The fourth-order valence-corrected chi connectivity index (χ4v) is 7.18. The van der Waals surface area contributed by atoms with Crippen LogP contribution in [0, 0.1) is 11.8 Å². The number of hydrogen-bond acceptors (Lipinski definition) is 5. The van der Waals surface area contributed by atoms with E-state index in [9.17, 15) is 13.2 Å². The molecule has 0 aliphatic carbocycles. The molecule has 0 unspecified atom stereocenters. The fraction of sp³-hybridized carbons (Fsp3) is 0.737. The average Bonchev–Trinajstić information content (AvgIpc) is 3.36. The van der Waals surface area contributed by atoms with Gasteiger partial charge in [-0.2, -0.15) is 4.31 Å². The van der Waals surface area contributed by atoms with Crippen LogP contribution in [0.4, 0.5) is 0 Å². The normalized spacial score (nSPS) is 21.1. The van der Waals surface area contributed by atoms with Gasteiger partial charge < -0.3 is 10.2 Å². The topological polar surface area (TPSA) is 69.7 Å². The zero-order valence-electron chi connectivity index (χ0n) is 16.4. The molecule has 1 aromatic heterocycles. The molecular weight excluding hydrogens is 418 g/mol. The third-order valence-corrected chi connectivity index (χ3v) is 9.51. The second-order valence-corrected chi connectivity index (χ2v) is 11.7. The number of piperidine rings is 1. The molecule has 1 amide bonds. The highest BCUT2D eigenvalue weighted by molar-refractivity contribution is 7.91. The van der Waals surface area contributed by atoms with E-state index in [2.05, 4.69) is 10.2 Å². The van der Waals surface area contributed by atoms with Gasteiger partial charge in [0, 0.05) is 25.6 Å². The minimum Gasteiger partial charge on any atom is -0.356 e. The Hall–Kier alpha value is -0.670. The Bertz CT molecular complexity index is 754. The average molecular weight is 448 g/mol. The van der Waals surface area contributed by atoms with Gasteiger partial charge in [0.1, 0.15) is 4.21 Å². The number of nitrogens with one attached hydrogen (secondary N) is 1. The molecule has 6 nitrogen and oxygen atoms in total. The monoisotopic (exact) mass is 447 g/mol. The van der Waals surface area contributed by atoms with Crippen molar-refractivity contribution in [2.75, 3.05) is 39.3 Å². The van der Waals surface area contributed by atoms with Crippen LogP contribution in [-0.4, -0.2) is 62.8 Å². The van der Waals surface area contributed by atoms with Crippen molar-refractivity contribution in [1.82, 2.24) is 14.5 Å². The molecule has 1 aromatic rings. The number of halogens is 1. The lowest BCUT2D eigenvalue weighted by atomic mass is 9.85. The van der Waals surface area contributed by atoms with E-state index in [1.165, 1.54) is 30.2 Å². The molecule has 0 saturated carbocycles. The highest BCUT2D eigenvalue weighted by Gasteiger charge is 2.34. The predicted molar refractivity (Wildman–Crippen MR) is 113 cm³/mol. The summed E-state index contributed by atoms with van der Waals surface area (Å²) in [6, 6.07) is 3.18. The van der Waals surface area contributed by atoms with E-state index < -0.39 is 10.0 Å². The van der Waals surface area contributed by atoms with Gasteiger partial charge >= 0.3 is 0 Å². The molecule has 2 aliphatic rings. The van der Waals surface area contributed by atoms with Gasteiger partial charge in [0.2, 0.25) is 5.91 Å². The summed E-state index contributed by atoms with van der Waals surface area (Å²) in [6.07, 6.45) is 4.98. The summed E-state index contributed by atoms with van der Waals surface area (Å²) in [7, 11) is -3.47. The first-order valence-corrected chi connectivity index (χ1v) is 12.8. The molecule has 1 atom stereocenters. The SMILES string of the molecule is C[C@H](C(=O)NCCCN1CCCC1)C1CCN(S(=O)(=O)c2ccc(Cl)s2)CC1. The van der Waals surface area contributed by atoms with Crippen LogP contribution in [0.15, 0.2) is 16.3 Å². The minimum absolute atomic E-state index is 0.0900. The molecule has 2 fully saturated rings. The van der Waals surface area contributed by atoms with Crippen LogP contribution in [0.3, 0.4) is 0 Å². The molecule has 158 valence electrons. The third kappa shape index (κ3) is 5.48. The summed E-state index contributed by atoms with van der Waals surface area (Å²) in [5, 5.41) is 3.06. The lowest BCUT2D eigenvalue weighted by Crippen LogP contribution is -2.42. The van der Waals surface area contributed by atoms with Crippen molar-refractivity contribution in [1.29, 1.82) is 0 Å². The molecule has 2 aliphatic heterocycles. The molecule has 0 spiro atoms. The first kappa shape index (κ1) is 22.0. The Morgan fingerprint density at radius 1 is 1.25 bits per heavy atom. The molecule has 0 radical (unpaired) electrons. The summed E-state index contributed by atoms with van der Waals surface area (Å²) in [5.74, 6) is 0.220. The maximum atomic E-state index is 12.7. The van der Waals surface area contributed by atoms with Crippen LogP contribution in [0.2, 0.25) is 4.34 Å². The molecule has 1 N–H and O–H groups in total. The summed E-state index contributed by atoms with van der Waals surface area (Å²) < 4.78 is 27.7. The Kier molecular flexibility index (Phi) is 7.78. The largest absolute Gasteiger partial charge is 0.356 e. The quantitative estimate of drug-likeness (QED) is 0.622. The van der Waals surface area contributed by atoms with E-state index >= 15 is 0 Å². The van der Waals surface area contributed by atoms with Crippen molar-refractivity contribution in [3.63, 3.8) is 0 Å². The predicted octanol–water partition coefficient (Wildman–Crippen LogP) is 3.04. The summed E-state index contributed by atoms with van der Waals surface area (Å²) in [5.41, 5.74) is 0. The Labute approximate surface area is 177 Å². The lowest BCUT2D eigenvalue weighted by Gasteiger charge is -2.33. The molecule has 2 saturated heterocycles. The minimum atomic E-state index is -3.47. The maximum absolute atomic E-state index is 12.7. The number of amides is 1. The Balaban J connectivity index is 1.41. The molecule has 28 heavy (non-hydrogen) atoms. The van der Waals surface area contributed by atoms with E-state index in [4.69, 9.17) is 11.6 Å². The zero-order chi connectivity index (χ0) is 20.1. The molecule has 0 aromatic carbocycles. The number of hydrogen-bond donors (Lipinski definition) is 1. The van der Waals surface area contributed by atoms with Gasteiger partial charge in [0.05, 0.1) is 4.34 Å². The first-order valence-electron chi connectivity index (χ1n) is 10.1. The van der Waals surface area contributed by atoms with Crippen molar-refractivity contribution in [2.24, 2.45) is 11.8 Å². The van der Waals surface area contributed by atoms with Crippen molar-refractivity contribution in [2.45, 2.75) is 43.2 Å². The van der Waals surface area contributed by atoms with Gasteiger partial charge in [-0.05, 0) is 69.8 Å². The summed E-state index contributed by atoms with van der Waals surface area (Å²) in [4.78, 5) is 14.9. The third-order valence-electron chi connectivity index (χ3n) is 5.91. The van der Waals surface area contributed by atoms with Crippen molar-refractivity contribution < 1.29 is 13.2 Å². The number of rotatable bonds is 8. The lowest BCUT2D eigenvalue weighted by molar-refractivity contribution is -0.126. The number of carbonyl (C=O) groups is 1. The van der Waals surface area contributed by atoms with Crippen molar-refractivity contribution in [3.05, 3.63) is 16.5 Å². The van der Waals surface area contributed by atoms with Crippen molar-refractivity contribution in [3.8, 4) is 0 Å². The van der Waals surface area contributed by atoms with Gasteiger partial charge in [-0.3, -0.25) is 4.79 Å². The van der Waals surface area contributed by atoms with Crippen LogP contribution in [0.5, 0.6) is 0 Å². The van der Waals surface area contributed by atoms with Crippen LogP contribution < -0.4 is 5.32 Å². The van der Waals surface area contributed by atoms with Crippen LogP contribution in [0.25, 0.3) is 0 Å². The smallest absolute Gasteiger partial charge is 0.252 e. The van der Waals surface area contributed by atoms with Crippen LogP contribution in [-0.2, 0) is 14.8 Å². The van der Waals surface area contributed by atoms with Gasteiger partial charge in [0.15, 0.2) is 0 Å².